The number of halogens is 2. The molecule has 0 heterocycles. The fraction of sp³-hybridized carbons (Fsp3) is 0.500. The summed E-state index contributed by atoms with van der Waals surface area (Å²) in [6.45, 7) is 13.2. The molecule has 4 N–H and O–H groups in total. The molecule has 0 saturated heterocycles. The van der Waals surface area contributed by atoms with Crippen LogP contribution in [0.25, 0.3) is 0 Å². The van der Waals surface area contributed by atoms with Crippen molar-refractivity contribution in [3.8, 4) is 23.0 Å². The lowest BCUT2D eigenvalue weighted by molar-refractivity contribution is -0.154. The molecule has 2 aromatic carbocycles. The van der Waals surface area contributed by atoms with Crippen LogP contribution in [0.3, 0.4) is 0 Å². The number of nitrogens with one attached hydrogen (secondary N) is 2. The standard InChI is InChI=1S/C28H40Br2N3O9P/c1-9-39-25(35)27(5,6)31-33(32-28(7,8)26(36)40-10-2)43(37,38)16-41-19-14-21(29)24(22(30)15-19)42-18-11-12-23(34)20(13-18)17(3)4/h11-15,17,31-32,34H,9-10,16H2,1-8H3,(H,37,38). The molecule has 2 aromatic rings. The highest BCUT2D eigenvalue weighted by Crippen LogP contribution is 2.46. The normalized spacial score (nSPS) is 13.5. The van der Waals surface area contributed by atoms with Crippen molar-refractivity contribution in [1.29, 1.82) is 0 Å². The van der Waals surface area contributed by atoms with Crippen LogP contribution < -0.4 is 20.3 Å². The van der Waals surface area contributed by atoms with Crippen molar-refractivity contribution < 1.29 is 43.1 Å². The molecule has 1 atom stereocenters. The maximum atomic E-state index is 13.7. The monoisotopic (exact) mass is 751 g/mol. The Morgan fingerprint density at radius 3 is 1.86 bits per heavy atom. The van der Waals surface area contributed by atoms with Gasteiger partial charge in [-0.2, -0.15) is 0 Å². The largest absolute Gasteiger partial charge is 0.508 e. The Hall–Kier alpha value is -2.19. The molecular formula is C28H40Br2N3O9P. The van der Waals surface area contributed by atoms with Gasteiger partial charge in [-0.1, -0.05) is 18.7 Å². The van der Waals surface area contributed by atoms with Gasteiger partial charge in [0.15, 0.2) is 12.1 Å². The Morgan fingerprint density at radius 2 is 1.42 bits per heavy atom. The molecule has 1 unspecified atom stereocenters. The first-order chi connectivity index (χ1) is 19.8. The average molecular weight is 753 g/mol. The number of aromatic hydroxyl groups is 1. The van der Waals surface area contributed by atoms with Crippen molar-refractivity contribution in [1.82, 2.24) is 15.7 Å². The predicted octanol–water partition coefficient (Wildman–Crippen LogP) is 6.35. The second kappa shape index (κ2) is 15.2. The summed E-state index contributed by atoms with van der Waals surface area (Å²) in [4.78, 5) is 36.9. The molecule has 2 rings (SSSR count). The lowest BCUT2D eigenvalue weighted by Gasteiger charge is -2.38. The van der Waals surface area contributed by atoms with Crippen LogP contribution >= 0.6 is 39.4 Å². The number of esters is 2. The number of phenols is 1. The van der Waals surface area contributed by atoms with Crippen molar-refractivity contribution in [3.05, 3.63) is 44.8 Å². The van der Waals surface area contributed by atoms with Crippen LogP contribution in [-0.2, 0) is 23.6 Å². The molecule has 0 saturated carbocycles. The Balaban J connectivity index is 2.32. The second-order valence-corrected chi connectivity index (χ2v) is 14.6. The molecule has 12 nitrogen and oxygen atoms in total. The number of hydrazine groups is 2. The van der Waals surface area contributed by atoms with Gasteiger partial charge in [-0.3, -0.25) is 14.2 Å². The third-order valence-electron chi connectivity index (χ3n) is 5.87. The summed E-state index contributed by atoms with van der Waals surface area (Å²) in [5, 5.41) is 10.1. The van der Waals surface area contributed by atoms with Crippen LogP contribution in [0, 0.1) is 0 Å². The molecule has 0 fully saturated rings. The van der Waals surface area contributed by atoms with Gasteiger partial charge in [0.2, 0.25) is 0 Å². The number of nitrogens with zero attached hydrogens (tertiary/aromatic N) is 1. The van der Waals surface area contributed by atoms with E-state index in [1.54, 1.807) is 44.2 Å². The molecule has 0 bridgehead atoms. The molecule has 43 heavy (non-hydrogen) atoms. The van der Waals surface area contributed by atoms with Crippen LogP contribution in [0.15, 0.2) is 39.3 Å². The SMILES string of the molecule is CCOC(=O)C(C)(C)NN(NC(C)(C)C(=O)OCC)P(=O)(O)COc1cc(Br)c(Oc2ccc(O)c(C(C)C)c2)c(Br)c1. The van der Waals surface area contributed by atoms with E-state index < -0.39 is 36.9 Å². The van der Waals surface area contributed by atoms with E-state index in [-0.39, 0.29) is 30.6 Å². The lowest BCUT2D eigenvalue weighted by atomic mass is 10.0. The first-order valence-electron chi connectivity index (χ1n) is 13.5. The van der Waals surface area contributed by atoms with Crippen LogP contribution in [0.1, 0.15) is 66.9 Å². The van der Waals surface area contributed by atoms with Crippen molar-refractivity contribution in [2.75, 3.05) is 19.6 Å². The first kappa shape index (κ1) is 37.0. The third-order valence-corrected chi connectivity index (χ3v) is 8.34. The summed E-state index contributed by atoms with van der Waals surface area (Å²) in [5.41, 5.74) is 3.13. The maximum Gasteiger partial charge on any atom is 0.333 e. The summed E-state index contributed by atoms with van der Waals surface area (Å²) < 4.78 is 36.5. The van der Waals surface area contributed by atoms with Gasteiger partial charge in [-0.15, -0.1) is 0 Å². The zero-order valence-corrected chi connectivity index (χ0v) is 29.6. The van der Waals surface area contributed by atoms with E-state index in [2.05, 4.69) is 42.7 Å². The minimum atomic E-state index is -4.51. The Bertz CT molecular complexity index is 1300. The molecule has 0 amide bonds. The molecule has 0 radical (unpaired) electrons. The van der Waals surface area contributed by atoms with Crippen LogP contribution in [0.4, 0.5) is 0 Å². The third kappa shape index (κ3) is 10.2. The van der Waals surface area contributed by atoms with Crippen molar-refractivity contribution in [2.45, 2.75) is 72.4 Å². The fourth-order valence-electron chi connectivity index (χ4n) is 3.54. The quantitative estimate of drug-likeness (QED) is 0.0910. The molecule has 15 heteroatoms. The Morgan fingerprint density at radius 1 is 0.930 bits per heavy atom. The summed E-state index contributed by atoms with van der Waals surface area (Å²) >= 11 is 6.91. The van der Waals surface area contributed by atoms with E-state index in [1.165, 1.54) is 27.7 Å². The van der Waals surface area contributed by atoms with Gasteiger partial charge in [0.1, 0.15) is 28.3 Å². The molecule has 0 aromatic heterocycles. The highest BCUT2D eigenvalue weighted by Gasteiger charge is 2.43. The highest BCUT2D eigenvalue weighted by molar-refractivity contribution is 9.11. The highest BCUT2D eigenvalue weighted by atomic mass is 79.9. The van der Waals surface area contributed by atoms with Crippen LogP contribution in [0.5, 0.6) is 23.0 Å². The van der Waals surface area contributed by atoms with Gasteiger partial charge < -0.3 is 28.9 Å². The van der Waals surface area contributed by atoms with E-state index in [9.17, 15) is 24.2 Å². The van der Waals surface area contributed by atoms with Crippen LogP contribution in [0.2, 0.25) is 0 Å². The van der Waals surface area contributed by atoms with Crippen molar-refractivity contribution >= 4 is 51.3 Å². The smallest absolute Gasteiger partial charge is 0.333 e. The number of benzene rings is 2. The molecule has 0 spiro atoms. The molecule has 240 valence electrons. The van der Waals surface area contributed by atoms with Gasteiger partial charge in [0.05, 0.1) is 22.2 Å². The van der Waals surface area contributed by atoms with E-state index in [0.717, 1.165) is 5.56 Å². The average Bonchev–Trinajstić information content (AvgIpc) is 2.90. The first-order valence-corrected chi connectivity index (χ1v) is 16.9. The molecule has 0 aliphatic carbocycles. The van der Waals surface area contributed by atoms with Gasteiger partial charge in [0, 0.05) is 5.56 Å². The zero-order valence-electron chi connectivity index (χ0n) is 25.5. The van der Waals surface area contributed by atoms with Gasteiger partial charge in [0.25, 0.3) is 0 Å². The van der Waals surface area contributed by atoms with E-state index in [4.69, 9.17) is 18.9 Å². The Labute approximate surface area is 269 Å². The summed E-state index contributed by atoms with van der Waals surface area (Å²) in [6, 6.07) is 8.05. The van der Waals surface area contributed by atoms with E-state index in [1.807, 2.05) is 13.8 Å². The summed E-state index contributed by atoms with van der Waals surface area (Å²) in [7, 11) is -4.51. The van der Waals surface area contributed by atoms with Crippen molar-refractivity contribution in [3.63, 3.8) is 0 Å². The fourth-order valence-corrected chi connectivity index (χ4v) is 6.09. The number of phenolic OH excluding ortho intramolecular Hbond substituents is 1. The maximum absolute atomic E-state index is 13.7. The van der Waals surface area contributed by atoms with Gasteiger partial charge >= 0.3 is 19.5 Å². The molecule has 0 aliphatic rings. The Kier molecular flexibility index (Phi) is 13.1. The minimum absolute atomic E-state index is 0.0784. The number of hydrogen-bond donors (Lipinski definition) is 4. The predicted molar refractivity (Wildman–Crippen MR) is 169 cm³/mol. The van der Waals surface area contributed by atoms with Crippen molar-refractivity contribution in [2.24, 2.45) is 0 Å². The number of hydrogen-bond acceptors (Lipinski definition) is 10. The number of carbonyl (C=O) groups is 2. The number of rotatable bonds is 15. The van der Waals surface area contributed by atoms with Crippen LogP contribution in [-0.4, -0.2) is 57.5 Å². The zero-order chi connectivity index (χ0) is 32.8. The lowest BCUT2D eigenvalue weighted by Crippen LogP contribution is -2.64. The summed E-state index contributed by atoms with van der Waals surface area (Å²) in [5.74, 6) is 0.00301. The van der Waals surface area contributed by atoms with E-state index in [0.29, 0.717) is 25.3 Å². The van der Waals surface area contributed by atoms with Gasteiger partial charge in [-0.25, -0.2) is 10.9 Å². The summed E-state index contributed by atoms with van der Waals surface area (Å²) in [6.07, 6.45) is -0.750. The number of ether oxygens (including phenoxy) is 4. The van der Waals surface area contributed by atoms with E-state index >= 15 is 0 Å². The topological polar surface area (TPSA) is 156 Å². The molecule has 0 aliphatic heterocycles. The second-order valence-electron chi connectivity index (χ2n) is 10.9. The van der Waals surface area contributed by atoms with Gasteiger partial charge in [-0.05, 0) is 110 Å². The minimum Gasteiger partial charge on any atom is -0.508 e. The number of carbonyl (C=O) groups excluding carboxylic acids is 2. The molecular weight excluding hydrogens is 713 g/mol.